The van der Waals surface area contributed by atoms with E-state index >= 15 is 0 Å². The first-order valence-electron chi connectivity index (χ1n) is 8.41. The third-order valence-corrected chi connectivity index (χ3v) is 4.82. The molecule has 1 heterocycles. The summed E-state index contributed by atoms with van der Waals surface area (Å²) in [4.78, 5) is 5.18. The van der Waals surface area contributed by atoms with Gasteiger partial charge in [0.25, 0.3) is 0 Å². The molecule has 2 aromatic rings. The zero-order valence-corrected chi connectivity index (χ0v) is 13.7. The predicted molar refractivity (Wildman–Crippen MR) is 93.0 cm³/mol. The molecule has 116 valence electrons. The van der Waals surface area contributed by atoms with Crippen molar-refractivity contribution in [2.24, 2.45) is 0 Å². The van der Waals surface area contributed by atoms with E-state index in [0.29, 0.717) is 12.1 Å². The minimum atomic E-state index is 0.384. The average Bonchev–Trinajstić information content (AvgIpc) is 2.55. The molecule has 0 bridgehead atoms. The van der Waals surface area contributed by atoms with Crippen molar-refractivity contribution < 1.29 is 0 Å². The third-order valence-electron chi connectivity index (χ3n) is 4.82. The van der Waals surface area contributed by atoms with Crippen LogP contribution in [0, 0.1) is 0 Å². The van der Waals surface area contributed by atoms with Gasteiger partial charge in [0.05, 0.1) is 6.04 Å². The monoisotopic (exact) mass is 294 g/mol. The second-order valence-electron chi connectivity index (χ2n) is 6.05. The maximum absolute atomic E-state index is 2.60. The van der Waals surface area contributed by atoms with Crippen LogP contribution in [0.1, 0.15) is 31.0 Å². The topological polar surface area (TPSA) is 6.48 Å². The molecule has 0 N–H and O–H groups in total. The van der Waals surface area contributed by atoms with Crippen molar-refractivity contribution >= 4 is 0 Å². The van der Waals surface area contributed by atoms with Crippen LogP contribution in [0.3, 0.4) is 0 Å². The molecule has 1 saturated heterocycles. The summed E-state index contributed by atoms with van der Waals surface area (Å²) >= 11 is 0. The number of likely N-dealkylation sites (tertiary alicyclic amines) is 1. The number of nitrogens with zero attached hydrogens (tertiary/aromatic N) is 2. The molecule has 0 saturated carbocycles. The van der Waals surface area contributed by atoms with Gasteiger partial charge < -0.3 is 0 Å². The van der Waals surface area contributed by atoms with E-state index in [-0.39, 0.29) is 0 Å². The molecule has 1 fully saturated rings. The zero-order chi connectivity index (χ0) is 15.4. The van der Waals surface area contributed by atoms with E-state index in [1.807, 2.05) is 0 Å². The smallest absolute Gasteiger partial charge is 0.0602 e. The molecule has 22 heavy (non-hydrogen) atoms. The van der Waals surface area contributed by atoms with Crippen molar-refractivity contribution in [2.45, 2.75) is 25.9 Å². The molecule has 2 nitrogen and oxygen atoms in total. The summed E-state index contributed by atoms with van der Waals surface area (Å²) in [5, 5.41) is 0. The summed E-state index contributed by atoms with van der Waals surface area (Å²) < 4.78 is 0. The second kappa shape index (κ2) is 7.08. The predicted octanol–water partition coefficient (Wildman–Crippen LogP) is 3.80. The molecule has 3 rings (SSSR count). The fraction of sp³-hybridized carbons (Fsp3) is 0.400. The number of rotatable bonds is 6. The molecule has 2 heteroatoms. The van der Waals surface area contributed by atoms with Crippen molar-refractivity contribution in [1.82, 2.24) is 9.80 Å². The summed E-state index contributed by atoms with van der Waals surface area (Å²) in [7, 11) is 0. The van der Waals surface area contributed by atoms with Crippen LogP contribution < -0.4 is 0 Å². The molecule has 0 aromatic heterocycles. The first-order chi connectivity index (χ1) is 10.8. The second-order valence-corrected chi connectivity index (χ2v) is 6.05. The van der Waals surface area contributed by atoms with Crippen LogP contribution in [-0.4, -0.2) is 42.0 Å². The Morgan fingerprint density at radius 3 is 1.73 bits per heavy atom. The van der Waals surface area contributed by atoms with Crippen LogP contribution in [0.25, 0.3) is 0 Å². The minimum Gasteiger partial charge on any atom is -0.298 e. The number of hydrogen-bond donors (Lipinski definition) is 0. The van der Waals surface area contributed by atoms with Gasteiger partial charge in [-0.1, -0.05) is 74.5 Å². The van der Waals surface area contributed by atoms with Crippen molar-refractivity contribution in [3.63, 3.8) is 0 Å². The van der Waals surface area contributed by atoms with Crippen LogP contribution in [0.15, 0.2) is 60.7 Å². The Labute approximate surface area is 134 Å². The van der Waals surface area contributed by atoms with Gasteiger partial charge in [0.1, 0.15) is 0 Å². The molecule has 0 unspecified atom stereocenters. The Morgan fingerprint density at radius 2 is 1.32 bits per heavy atom. The lowest BCUT2D eigenvalue weighted by atomic mass is 9.92. The largest absolute Gasteiger partial charge is 0.298 e. The molecule has 0 aliphatic carbocycles. The lowest BCUT2D eigenvalue weighted by molar-refractivity contribution is 0.0193. The first kappa shape index (κ1) is 15.3. The molecule has 1 aliphatic rings. The van der Waals surface area contributed by atoms with Gasteiger partial charge in [-0.15, -0.1) is 0 Å². The third kappa shape index (κ3) is 3.08. The highest BCUT2D eigenvalue weighted by Gasteiger charge is 2.36. The van der Waals surface area contributed by atoms with Crippen LogP contribution in [0.2, 0.25) is 0 Å². The molecule has 2 aromatic carbocycles. The van der Waals surface area contributed by atoms with Crippen LogP contribution >= 0.6 is 0 Å². The molecular formula is C20H26N2. The summed E-state index contributed by atoms with van der Waals surface area (Å²) in [6.07, 6.45) is 0. The summed E-state index contributed by atoms with van der Waals surface area (Å²) in [6.45, 7) is 9.15. The van der Waals surface area contributed by atoms with Crippen LogP contribution in [0.5, 0.6) is 0 Å². The van der Waals surface area contributed by atoms with E-state index in [1.165, 1.54) is 11.1 Å². The number of benzene rings is 2. The first-order valence-corrected chi connectivity index (χ1v) is 8.41. The Bertz CT molecular complexity index is 517. The van der Waals surface area contributed by atoms with Gasteiger partial charge in [-0.3, -0.25) is 9.80 Å². The lowest BCUT2D eigenvalue weighted by Gasteiger charge is -2.48. The van der Waals surface area contributed by atoms with Crippen LogP contribution in [0.4, 0.5) is 0 Å². The van der Waals surface area contributed by atoms with Crippen molar-refractivity contribution in [3.05, 3.63) is 71.8 Å². The van der Waals surface area contributed by atoms with E-state index in [0.717, 1.165) is 26.2 Å². The summed E-state index contributed by atoms with van der Waals surface area (Å²) in [5.74, 6) is 0. The van der Waals surface area contributed by atoms with E-state index in [2.05, 4.69) is 84.3 Å². The minimum absolute atomic E-state index is 0.384. The summed E-state index contributed by atoms with van der Waals surface area (Å²) in [5.41, 5.74) is 2.79. The molecule has 0 radical (unpaired) electrons. The van der Waals surface area contributed by atoms with Gasteiger partial charge in [-0.2, -0.15) is 0 Å². The van der Waals surface area contributed by atoms with E-state index < -0.39 is 0 Å². The molecule has 1 aliphatic heterocycles. The Hall–Kier alpha value is -1.64. The normalized spacial score (nSPS) is 16.2. The highest BCUT2D eigenvalue weighted by atomic mass is 15.3. The highest BCUT2D eigenvalue weighted by Crippen LogP contribution is 2.33. The fourth-order valence-electron chi connectivity index (χ4n) is 3.55. The van der Waals surface area contributed by atoms with E-state index in [9.17, 15) is 0 Å². The maximum atomic E-state index is 2.60. The van der Waals surface area contributed by atoms with E-state index in [4.69, 9.17) is 0 Å². The standard InChI is InChI=1S/C20H26N2/c1-3-21(4-2)19-15-22(16-19)20(17-11-7-5-8-12-17)18-13-9-6-10-14-18/h5-14,19-20H,3-4,15-16H2,1-2H3. The fourth-order valence-corrected chi connectivity index (χ4v) is 3.55. The van der Waals surface area contributed by atoms with Crippen LogP contribution in [-0.2, 0) is 0 Å². The van der Waals surface area contributed by atoms with Crippen molar-refractivity contribution in [2.75, 3.05) is 26.2 Å². The average molecular weight is 294 g/mol. The van der Waals surface area contributed by atoms with Gasteiger partial charge >= 0.3 is 0 Å². The quantitative estimate of drug-likeness (QED) is 0.799. The van der Waals surface area contributed by atoms with Gasteiger partial charge in [0, 0.05) is 19.1 Å². The van der Waals surface area contributed by atoms with Gasteiger partial charge in [0.2, 0.25) is 0 Å². The Kier molecular flexibility index (Phi) is 4.91. The van der Waals surface area contributed by atoms with E-state index in [1.54, 1.807) is 0 Å². The van der Waals surface area contributed by atoms with Crippen molar-refractivity contribution in [3.8, 4) is 0 Å². The van der Waals surface area contributed by atoms with Gasteiger partial charge in [0.15, 0.2) is 0 Å². The molecule has 0 atom stereocenters. The lowest BCUT2D eigenvalue weighted by Crippen LogP contribution is -2.60. The summed E-state index contributed by atoms with van der Waals surface area (Å²) in [6, 6.07) is 22.9. The van der Waals surface area contributed by atoms with Gasteiger partial charge in [-0.25, -0.2) is 0 Å². The number of likely N-dealkylation sites (N-methyl/N-ethyl adjacent to an activating group) is 1. The maximum Gasteiger partial charge on any atom is 0.0602 e. The van der Waals surface area contributed by atoms with Crippen molar-refractivity contribution in [1.29, 1.82) is 0 Å². The SMILES string of the molecule is CCN(CC)C1CN(C(c2ccccc2)c2ccccc2)C1. The Morgan fingerprint density at radius 1 is 0.864 bits per heavy atom. The highest BCUT2D eigenvalue weighted by molar-refractivity contribution is 5.32. The Balaban J connectivity index is 1.80. The molecular weight excluding hydrogens is 268 g/mol. The van der Waals surface area contributed by atoms with Gasteiger partial charge in [-0.05, 0) is 24.2 Å². The molecule has 0 amide bonds. The zero-order valence-electron chi connectivity index (χ0n) is 13.7. The number of hydrogen-bond acceptors (Lipinski definition) is 2. The molecule has 0 spiro atoms.